The van der Waals surface area contributed by atoms with E-state index in [0.29, 0.717) is 12.0 Å². The summed E-state index contributed by atoms with van der Waals surface area (Å²) in [7, 11) is 0. The Morgan fingerprint density at radius 2 is 2.13 bits per heavy atom. The molecule has 1 aliphatic heterocycles. The van der Waals surface area contributed by atoms with Gasteiger partial charge in [-0.05, 0) is 32.2 Å². The molecule has 1 fully saturated rings. The number of hydrogen-bond acceptors (Lipinski definition) is 2. The zero-order valence-electron chi connectivity index (χ0n) is 10.2. The van der Waals surface area contributed by atoms with E-state index in [1.165, 1.54) is 0 Å². The largest absolute Gasteiger partial charge is 0.352 e. The van der Waals surface area contributed by atoms with E-state index in [4.69, 9.17) is 0 Å². The Bertz CT molecular complexity index is 196. The molecule has 15 heavy (non-hydrogen) atoms. The maximum Gasteiger partial charge on any atom is 0.237 e. The predicted molar refractivity (Wildman–Crippen MR) is 62.7 cm³/mol. The first-order chi connectivity index (χ1) is 7.19. The molecule has 1 amide bonds. The smallest absolute Gasteiger partial charge is 0.237 e. The summed E-state index contributed by atoms with van der Waals surface area (Å²) >= 11 is 0. The minimum Gasteiger partial charge on any atom is -0.352 e. The van der Waals surface area contributed by atoms with Crippen LogP contribution in [0.5, 0.6) is 0 Å². The van der Waals surface area contributed by atoms with Crippen LogP contribution in [0.25, 0.3) is 0 Å². The summed E-state index contributed by atoms with van der Waals surface area (Å²) in [4.78, 5) is 11.8. The molecule has 1 saturated heterocycles. The number of amides is 1. The third-order valence-corrected chi connectivity index (χ3v) is 3.50. The summed E-state index contributed by atoms with van der Waals surface area (Å²) in [6, 6.07) is 0.358. The predicted octanol–water partition coefficient (Wildman–Crippen LogP) is 1.68. The van der Waals surface area contributed by atoms with E-state index in [1.54, 1.807) is 0 Å². The van der Waals surface area contributed by atoms with Gasteiger partial charge < -0.3 is 10.6 Å². The van der Waals surface area contributed by atoms with Crippen LogP contribution in [-0.2, 0) is 4.79 Å². The minimum atomic E-state index is 0.0572. The second kappa shape index (κ2) is 6.11. The number of hydrogen-bond donors (Lipinski definition) is 2. The van der Waals surface area contributed by atoms with Gasteiger partial charge in [-0.3, -0.25) is 4.79 Å². The first kappa shape index (κ1) is 12.5. The normalized spacial score (nSPS) is 23.1. The Balaban J connectivity index is 2.35. The van der Waals surface area contributed by atoms with Crippen molar-refractivity contribution in [3.05, 3.63) is 0 Å². The lowest BCUT2D eigenvalue weighted by molar-refractivity contribution is -0.123. The first-order valence-corrected chi connectivity index (χ1v) is 6.22. The molecule has 2 N–H and O–H groups in total. The summed E-state index contributed by atoms with van der Waals surface area (Å²) in [5.41, 5.74) is 0. The molecular formula is C12H24N2O. The molecule has 0 aliphatic carbocycles. The van der Waals surface area contributed by atoms with Gasteiger partial charge in [0.15, 0.2) is 0 Å². The van der Waals surface area contributed by atoms with Crippen molar-refractivity contribution in [2.24, 2.45) is 5.92 Å². The lowest BCUT2D eigenvalue weighted by Crippen LogP contribution is -2.46. The van der Waals surface area contributed by atoms with Gasteiger partial charge in [-0.25, -0.2) is 0 Å². The van der Waals surface area contributed by atoms with Crippen molar-refractivity contribution in [1.29, 1.82) is 0 Å². The number of carbonyl (C=O) groups excluding carboxylic acids is 1. The van der Waals surface area contributed by atoms with Gasteiger partial charge in [-0.2, -0.15) is 0 Å². The second-order valence-corrected chi connectivity index (χ2v) is 4.52. The molecule has 0 aromatic heterocycles. The molecular weight excluding hydrogens is 188 g/mol. The molecule has 88 valence electrons. The Morgan fingerprint density at radius 1 is 1.47 bits per heavy atom. The lowest BCUT2D eigenvalue weighted by atomic mass is 9.95. The van der Waals surface area contributed by atoms with Crippen molar-refractivity contribution in [3.63, 3.8) is 0 Å². The molecule has 3 nitrogen and oxygen atoms in total. The quantitative estimate of drug-likeness (QED) is 0.728. The van der Waals surface area contributed by atoms with Crippen molar-refractivity contribution in [3.8, 4) is 0 Å². The molecule has 2 atom stereocenters. The molecule has 1 aliphatic rings. The van der Waals surface area contributed by atoms with Gasteiger partial charge >= 0.3 is 0 Å². The SMILES string of the molecule is CCC(CC)C(C)NC(=O)[C@H]1CCCN1. The second-order valence-electron chi connectivity index (χ2n) is 4.52. The molecule has 0 bridgehead atoms. The molecule has 0 radical (unpaired) electrons. The molecule has 1 heterocycles. The summed E-state index contributed by atoms with van der Waals surface area (Å²) in [6.07, 6.45) is 4.38. The average Bonchev–Trinajstić information content (AvgIpc) is 2.72. The van der Waals surface area contributed by atoms with Gasteiger partial charge in [0, 0.05) is 6.04 Å². The summed E-state index contributed by atoms with van der Waals surface area (Å²) < 4.78 is 0. The van der Waals surface area contributed by atoms with Crippen LogP contribution < -0.4 is 10.6 Å². The zero-order valence-corrected chi connectivity index (χ0v) is 10.2. The average molecular weight is 212 g/mol. The van der Waals surface area contributed by atoms with Crippen molar-refractivity contribution in [1.82, 2.24) is 10.6 Å². The van der Waals surface area contributed by atoms with Gasteiger partial charge in [-0.15, -0.1) is 0 Å². The summed E-state index contributed by atoms with van der Waals surface area (Å²) in [5, 5.41) is 6.35. The maximum absolute atomic E-state index is 11.8. The lowest BCUT2D eigenvalue weighted by Gasteiger charge is -2.24. The topological polar surface area (TPSA) is 41.1 Å². The summed E-state index contributed by atoms with van der Waals surface area (Å²) in [6.45, 7) is 7.47. The van der Waals surface area contributed by atoms with Gasteiger partial charge in [0.25, 0.3) is 0 Å². The highest BCUT2D eigenvalue weighted by atomic mass is 16.2. The van der Waals surface area contributed by atoms with E-state index in [1.807, 2.05) is 0 Å². The maximum atomic E-state index is 11.8. The van der Waals surface area contributed by atoms with E-state index in [2.05, 4.69) is 31.4 Å². The van der Waals surface area contributed by atoms with Gasteiger partial charge in [0.05, 0.1) is 6.04 Å². The van der Waals surface area contributed by atoms with Crippen LogP contribution in [-0.4, -0.2) is 24.5 Å². The van der Waals surface area contributed by atoms with E-state index in [-0.39, 0.29) is 11.9 Å². The first-order valence-electron chi connectivity index (χ1n) is 6.22. The minimum absolute atomic E-state index is 0.0572. The third-order valence-electron chi connectivity index (χ3n) is 3.50. The molecule has 0 aromatic carbocycles. The standard InChI is InChI=1S/C12H24N2O/c1-4-10(5-2)9(3)14-12(15)11-7-6-8-13-11/h9-11,13H,4-8H2,1-3H3,(H,14,15)/t9?,11-/m1/s1. The Kier molecular flexibility index (Phi) is 5.09. The monoisotopic (exact) mass is 212 g/mol. The fourth-order valence-corrected chi connectivity index (χ4v) is 2.35. The van der Waals surface area contributed by atoms with Crippen LogP contribution >= 0.6 is 0 Å². The highest BCUT2D eigenvalue weighted by Crippen LogP contribution is 2.13. The van der Waals surface area contributed by atoms with E-state index in [0.717, 1.165) is 32.2 Å². The number of rotatable bonds is 5. The van der Waals surface area contributed by atoms with Crippen LogP contribution in [0.2, 0.25) is 0 Å². The van der Waals surface area contributed by atoms with Crippen molar-refractivity contribution in [2.45, 2.75) is 58.5 Å². The summed E-state index contributed by atoms with van der Waals surface area (Å²) in [5.74, 6) is 0.794. The molecule has 0 spiro atoms. The van der Waals surface area contributed by atoms with E-state index >= 15 is 0 Å². The van der Waals surface area contributed by atoms with Gasteiger partial charge in [0.2, 0.25) is 5.91 Å². The number of nitrogens with one attached hydrogen (secondary N) is 2. The van der Waals surface area contributed by atoms with Crippen molar-refractivity contribution in [2.75, 3.05) is 6.54 Å². The third kappa shape index (κ3) is 3.49. The van der Waals surface area contributed by atoms with Crippen LogP contribution in [0.4, 0.5) is 0 Å². The van der Waals surface area contributed by atoms with Gasteiger partial charge in [0.1, 0.15) is 0 Å². The highest BCUT2D eigenvalue weighted by Gasteiger charge is 2.24. The molecule has 0 saturated carbocycles. The van der Waals surface area contributed by atoms with E-state index in [9.17, 15) is 4.79 Å². The molecule has 1 rings (SSSR count). The highest BCUT2D eigenvalue weighted by molar-refractivity contribution is 5.82. The fourth-order valence-electron chi connectivity index (χ4n) is 2.35. The molecule has 3 heteroatoms. The fraction of sp³-hybridized carbons (Fsp3) is 0.917. The van der Waals surface area contributed by atoms with Crippen molar-refractivity contribution < 1.29 is 4.79 Å². The Labute approximate surface area is 93.0 Å². The zero-order chi connectivity index (χ0) is 11.3. The van der Waals surface area contributed by atoms with Crippen LogP contribution in [0.1, 0.15) is 46.5 Å². The molecule has 1 unspecified atom stereocenters. The number of carbonyl (C=O) groups is 1. The van der Waals surface area contributed by atoms with E-state index < -0.39 is 0 Å². The van der Waals surface area contributed by atoms with Crippen LogP contribution in [0, 0.1) is 5.92 Å². The molecule has 0 aromatic rings. The van der Waals surface area contributed by atoms with Crippen molar-refractivity contribution >= 4 is 5.91 Å². The van der Waals surface area contributed by atoms with Crippen LogP contribution in [0.3, 0.4) is 0 Å². The Morgan fingerprint density at radius 3 is 2.60 bits per heavy atom. The van der Waals surface area contributed by atoms with Gasteiger partial charge in [-0.1, -0.05) is 26.7 Å². The van der Waals surface area contributed by atoms with Crippen LogP contribution in [0.15, 0.2) is 0 Å². The Hall–Kier alpha value is -0.570.